The summed E-state index contributed by atoms with van der Waals surface area (Å²) >= 11 is 0. The minimum absolute atomic E-state index is 0.414. The Morgan fingerprint density at radius 3 is 0.583 bits per heavy atom. The molecule has 0 bridgehead atoms. The molecule has 14 aliphatic rings. The largest absolute Gasteiger partial charge is 0.394 e. The second-order valence-electron chi connectivity index (χ2n) is 32.8. The van der Waals surface area contributed by atoms with Crippen molar-refractivity contribution >= 4 is 0 Å². The maximum Gasteiger partial charge on any atom is 0.187 e. The first kappa shape index (κ1) is 101. The fraction of sp³-hybridized carbons (Fsp3) is 1.00. The highest BCUT2D eigenvalue weighted by atomic mass is 16.8. The van der Waals surface area contributed by atoms with E-state index in [4.69, 9.17) is 128 Å². The van der Waals surface area contributed by atoms with E-state index in [0.717, 1.165) is 0 Å². The molecule has 127 heavy (non-hydrogen) atoms. The fourth-order valence-corrected chi connectivity index (χ4v) is 16.3. The molecule has 0 amide bonds. The SMILES string of the molecule is OC[C@@H]1O[C@@H](OC2[C@H](O[C@@H]3CO[C@H](O[C@@H]4CO[C@H](O[C@@H]5CO[C@H](O[C@@H]6CO[C@H](O[C@@H]7CO[C@H](O[C@@H]8CO[C@H](O[C@@H]9CO[C@H](O[C@@H]%10CO[C@H](O[C@@H]%11CO[C@@H](O[C@@H]%12CO[C@@H](O)C(O)[C@H]%12O)C(O)[C@H]%11O)C(O)[C@H]%10O)C(O)[C@H]9O)C(O)[C@H]8O)C(O)[C@H]7O)C(O)[C@H]6O)C(O)[C@H]5O)C(O)[C@H]4O)C(O)[C@H]3O)OC[C@@H](O[C@@H]3OC[C@@H](O)[C@H](O)C3O)[C@@H]2O[C@@H]2O[C@@H](CO)[C@@H](O)C2O)C(O)[C@@H]1O. The Kier molecular flexibility index (Phi) is 34.6. The molecule has 14 aliphatic heterocycles. The molecule has 30 N–H and O–H groups in total. The molecule has 0 aromatic carbocycles. The molecule has 14 saturated heterocycles. The molecule has 0 radical (unpaired) electrons. The molecule has 0 aromatic heterocycles. The molecule has 0 saturated carbocycles. The Hall–Kier alpha value is -2.28. The summed E-state index contributed by atoms with van der Waals surface area (Å²) < 4.78 is 153. The molecule has 14 fully saturated rings. The van der Waals surface area contributed by atoms with E-state index in [1.807, 2.05) is 0 Å². The highest BCUT2D eigenvalue weighted by Crippen LogP contribution is 2.40. The zero-order chi connectivity index (χ0) is 91.3. The van der Waals surface area contributed by atoms with Crippen molar-refractivity contribution in [1.29, 1.82) is 0 Å². The third-order valence-corrected chi connectivity index (χ3v) is 24.2. The van der Waals surface area contributed by atoms with Crippen LogP contribution in [0.4, 0.5) is 0 Å². The van der Waals surface area contributed by atoms with E-state index in [0.29, 0.717) is 0 Å². The molecule has 0 aliphatic carbocycles. The Bertz CT molecular complexity index is 3350. The van der Waals surface area contributed by atoms with Crippen LogP contribution in [-0.4, -0.2) is 590 Å². The molecule has 57 nitrogen and oxygen atoms in total. The van der Waals surface area contributed by atoms with Gasteiger partial charge < -0.3 is 281 Å². The van der Waals surface area contributed by atoms with Gasteiger partial charge in [-0.2, -0.15) is 0 Å². The van der Waals surface area contributed by atoms with Crippen LogP contribution in [0.1, 0.15) is 0 Å². The highest BCUT2D eigenvalue weighted by molar-refractivity contribution is 5.01. The van der Waals surface area contributed by atoms with E-state index in [1.165, 1.54) is 0 Å². The van der Waals surface area contributed by atoms with Crippen LogP contribution in [0.5, 0.6) is 0 Å². The van der Waals surface area contributed by atoms with Crippen molar-refractivity contribution in [3.05, 3.63) is 0 Å². The maximum absolute atomic E-state index is 11.6. The Balaban J connectivity index is 0.490. The van der Waals surface area contributed by atoms with Crippen LogP contribution in [-0.2, 0) is 128 Å². The summed E-state index contributed by atoms with van der Waals surface area (Å²) in [4.78, 5) is 0. The van der Waals surface area contributed by atoms with Gasteiger partial charge in [0.15, 0.2) is 88.1 Å². The van der Waals surface area contributed by atoms with Gasteiger partial charge in [-0.05, 0) is 0 Å². The van der Waals surface area contributed by atoms with Gasteiger partial charge in [0, 0.05) is 0 Å². The molecular formula is C70H114O57. The van der Waals surface area contributed by atoms with Gasteiger partial charge in [0.2, 0.25) is 0 Å². The summed E-state index contributed by atoms with van der Waals surface area (Å²) in [5.74, 6) is 0. The van der Waals surface area contributed by atoms with Gasteiger partial charge in [0.1, 0.15) is 256 Å². The number of hydrogen-bond acceptors (Lipinski definition) is 57. The summed E-state index contributed by atoms with van der Waals surface area (Å²) in [6, 6.07) is 0. The van der Waals surface area contributed by atoms with Crippen molar-refractivity contribution in [3.8, 4) is 0 Å². The second kappa shape index (κ2) is 43.6. The first-order valence-electron chi connectivity index (χ1n) is 40.9. The van der Waals surface area contributed by atoms with Gasteiger partial charge in [0.25, 0.3) is 0 Å². The molecule has 14 heterocycles. The number of rotatable bonds is 28. The van der Waals surface area contributed by atoms with E-state index >= 15 is 0 Å². The van der Waals surface area contributed by atoms with Crippen molar-refractivity contribution in [1.82, 2.24) is 0 Å². The Morgan fingerprint density at radius 2 is 0.339 bits per heavy atom. The lowest BCUT2D eigenvalue weighted by Gasteiger charge is -2.47. The summed E-state index contributed by atoms with van der Waals surface area (Å²) in [6.45, 7) is -8.75. The summed E-state index contributed by atoms with van der Waals surface area (Å²) in [5.41, 5.74) is 0. The van der Waals surface area contributed by atoms with Crippen molar-refractivity contribution < 1.29 is 281 Å². The summed E-state index contributed by atoms with van der Waals surface area (Å²) in [5, 5.41) is 325. The third kappa shape index (κ3) is 21.8. The molecule has 57 heteroatoms. The Labute approximate surface area is 716 Å². The Morgan fingerprint density at radius 1 is 0.157 bits per heavy atom. The zero-order valence-electron chi connectivity index (χ0n) is 66.7. The number of aliphatic hydroxyl groups is 30. The fourth-order valence-electron chi connectivity index (χ4n) is 16.3. The lowest BCUT2D eigenvalue weighted by molar-refractivity contribution is -0.384. The number of hydrogen-bond donors (Lipinski definition) is 30. The number of aliphatic hydroxyl groups excluding tert-OH is 30. The van der Waals surface area contributed by atoms with Crippen LogP contribution in [0, 0.1) is 0 Å². The lowest BCUT2D eigenvalue weighted by atomic mass is 10.0. The summed E-state index contributed by atoms with van der Waals surface area (Å²) in [6.07, 6.45) is -98.7. The second-order valence-corrected chi connectivity index (χ2v) is 32.8. The minimum atomic E-state index is -2.09. The molecule has 0 aromatic rings. The topological polar surface area (TPSA) is 856 Å². The minimum Gasteiger partial charge on any atom is -0.394 e. The first-order chi connectivity index (χ1) is 60.4. The normalized spacial score (nSPS) is 54.7. The first-order valence-corrected chi connectivity index (χ1v) is 40.9. The van der Waals surface area contributed by atoms with Crippen molar-refractivity contribution in [2.75, 3.05) is 92.5 Å². The van der Waals surface area contributed by atoms with E-state index in [1.54, 1.807) is 0 Å². The van der Waals surface area contributed by atoms with Gasteiger partial charge >= 0.3 is 0 Å². The summed E-state index contributed by atoms with van der Waals surface area (Å²) in [7, 11) is 0. The van der Waals surface area contributed by atoms with Gasteiger partial charge in [-0.15, -0.1) is 0 Å². The molecule has 14 unspecified atom stereocenters. The van der Waals surface area contributed by atoms with Gasteiger partial charge in [0.05, 0.1) is 92.5 Å². The standard InChI is InChI=1S/C70H114O57/c71-1-16-30(75)53(98)68(113-16)126-55-28(125-58-43(88)29(74)15(73)3-102-58)14-112-70(56(55)127-69-54(99)31(76)17(2-72)114-69)124-27-13-111-67(52(97)41(27)86)123-26-12-110-66(51(96)40(26)85)122-25-11-109-65(50(95)39(25)84)121-24-10-108-64(49(94)38(24)83)120-23-9-107-63(48(93)37(23)82)119-22-8-106-62(47(92)36(22)81)118-21-7-105-61(46(91)35(21)80)117-20-6-104-60(45(90)34(20)79)116-19-5-103-59(44(89)33(19)78)115-18-4-101-57(100)42(87)32(18)77/h15-100H,1-14H2/t15-,16+,17+,18-,19-,20-,21-,22-,23-,24-,25-,26-,27-,28-,29+,30-,31-,32+,33+,34+,35+,36+,37+,38+,39+,40+,41+,42?,43?,44?,45?,46?,47?,48?,49?,50?,51?,52?,53?,54?,55+,56?,57-,58+,59+,60-,61-,62-,63-,64-,65-,66-,67-,68+,69+,70+/m1/s1. The predicted octanol–water partition coefficient (Wildman–Crippen LogP) is -22.6. The third-order valence-electron chi connectivity index (χ3n) is 24.2. The van der Waals surface area contributed by atoms with Gasteiger partial charge in [-0.1, -0.05) is 0 Å². The quantitative estimate of drug-likeness (QED) is 0.0346. The van der Waals surface area contributed by atoms with Gasteiger partial charge in [-0.25, -0.2) is 0 Å². The monoisotopic (exact) mass is 1870 g/mol. The molecule has 56 atom stereocenters. The smallest absolute Gasteiger partial charge is 0.187 e. The van der Waals surface area contributed by atoms with E-state index in [-0.39, 0.29) is 0 Å². The molecule has 736 valence electrons. The van der Waals surface area contributed by atoms with E-state index < -0.39 is 437 Å². The zero-order valence-corrected chi connectivity index (χ0v) is 66.7. The van der Waals surface area contributed by atoms with E-state index in [2.05, 4.69) is 0 Å². The maximum atomic E-state index is 11.6. The van der Waals surface area contributed by atoms with Crippen molar-refractivity contribution in [3.63, 3.8) is 0 Å². The van der Waals surface area contributed by atoms with Crippen LogP contribution < -0.4 is 0 Å². The molecule has 0 spiro atoms. The van der Waals surface area contributed by atoms with Crippen molar-refractivity contribution in [2.24, 2.45) is 0 Å². The van der Waals surface area contributed by atoms with E-state index in [9.17, 15) is 153 Å². The van der Waals surface area contributed by atoms with Crippen LogP contribution in [0.25, 0.3) is 0 Å². The van der Waals surface area contributed by atoms with Gasteiger partial charge in [-0.3, -0.25) is 0 Å². The van der Waals surface area contributed by atoms with Crippen LogP contribution in [0.3, 0.4) is 0 Å². The van der Waals surface area contributed by atoms with Crippen LogP contribution >= 0.6 is 0 Å². The average Bonchev–Trinajstić information content (AvgIpc) is 1.74. The molecular weight excluding hydrogens is 1750 g/mol. The number of ether oxygens (including phenoxy) is 27. The lowest BCUT2D eigenvalue weighted by Crippen LogP contribution is -2.64. The van der Waals surface area contributed by atoms with Crippen LogP contribution in [0.2, 0.25) is 0 Å². The predicted molar refractivity (Wildman–Crippen MR) is 376 cm³/mol. The average molecular weight is 1870 g/mol. The van der Waals surface area contributed by atoms with Crippen molar-refractivity contribution in [2.45, 2.75) is 344 Å². The van der Waals surface area contributed by atoms with Crippen LogP contribution in [0.15, 0.2) is 0 Å². The molecule has 14 rings (SSSR count). The highest BCUT2D eigenvalue weighted by Gasteiger charge is 2.60.